The van der Waals surface area contributed by atoms with Crippen molar-refractivity contribution < 1.29 is 9.21 Å². The average Bonchev–Trinajstić information content (AvgIpc) is 2.98. The lowest BCUT2D eigenvalue weighted by molar-refractivity contribution is 0.102. The van der Waals surface area contributed by atoms with Crippen LogP contribution in [0.5, 0.6) is 0 Å². The highest BCUT2D eigenvalue weighted by atomic mass is 16.3. The maximum Gasteiger partial charge on any atom is 0.259 e. The maximum atomic E-state index is 12.5. The summed E-state index contributed by atoms with van der Waals surface area (Å²) in [4.78, 5) is 12.5. The molecular formula is C18H18N2O2. The highest BCUT2D eigenvalue weighted by Gasteiger charge is 2.14. The summed E-state index contributed by atoms with van der Waals surface area (Å²) in [6, 6.07) is 15.3. The molecule has 1 aromatic heterocycles. The second-order valence-electron chi connectivity index (χ2n) is 5.04. The zero-order chi connectivity index (χ0) is 15.4. The zero-order valence-electron chi connectivity index (χ0n) is 12.4. The minimum absolute atomic E-state index is 0.158. The second-order valence-corrected chi connectivity index (χ2v) is 5.04. The SMILES string of the molecule is CCNCc1ccccc1NC(=O)c1coc2ccccc12. The quantitative estimate of drug-likeness (QED) is 0.752. The van der Waals surface area contributed by atoms with Gasteiger partial charge in [0.05, 0.1) is 5.56 Å². The van der Waals surface area contributed by atoms with Crippen LogP contribution >= 0.6 is 0 Å². The monoisotopic (exact) mass is 294 g/mol. The van der Waals surface area contributed by atoms with E-state index in [4.69, 9.17) is 4.42 Å². The zero-order valence-corrected chi connectivity index (χ0v) is 12.4. The summed E-state index contributed by atoms with van der Waals surface area (Å²) in [5.74, 6) is -0.158. The fraction of sp³-hybridized carbons (Fsp3) is 0.167. The fourth-order valence-corrected chi connectivity index (χ4v) is 2.40. The van der Waals surface area contributed by atoms with Crippen LogP contribution in [0, 0.1) is 0 Å². The molecule has 0 spiro atoms. The molecule has 2 N–H and O–H groups in total. The van der Waals surface area contributed by atoms with Gasteiger partial charge in [-0.05, 0) is 24.2 Å². The number of para-hydroxylation sites is 2. The van der Waals surface area contributed by atoms with Gasteiger partial charge in [0.1, 0.15) is 11.8 Å². The summed E-state index contributed by atoms with van der Waals surface area (Å²) in [5, 5.41) is 7.07. The van der Waals surface area contributed by atoms with Crippen molar-refractivity contribution in [3.05, 3.63) is 65.9 Å². The Morgan fingerprint density at radius 3 is 2.73 bits per heavy atom. The molecule has 0 aliphatic rings. The van der Waals surface area contributed by atoms with Crippen molar-refractivity contribution in [3.8, 4) is 0 Å². The van der Waals surface area contributed by atoms with Crippen LogP contribution in [0.4, 0.5) is 5.69 Å². The lowest BCUT2D eigenvalue weighted by atomic mass is 10.1. The summed E-state index contributed by atoms with van der Waals surface area (Å²) in [6.45, 7) is 3.66. The van der Waals surface area contributed by atoms with E-state index in [-0.39, 0.29) is 5.91 Å². The van der Waals surface area contributed by atoms with Gasteiger partial charge >= 0.3 is 0 Å². The van der Waals surface area contributed by atoms with Crippen molar-refractivity contribution in [2.45, 2.75) is 13.5 Å². The highest BCUT2D eigenvalue weighted by molar-refractivity contribution is 6.12. The molecule has 0 atom stereocenters. The summed E-state index contributed by atoms with van der Waals surface area (Å²) in [5.41, 5.74) is 3.15. The largest absolute Gasteiger partial charge is 0.463 e. The lowest BCUT2D eigenvalue weighted by Gasteiger charge is -2.10. The van der Waals surface area contributed by atoms with Crippen molar-refractivity contribution in [1.82, 2.24) is 5.32 Å². The number of fused-ring (bicyclic) bond motifs is 1. The molecular weight excluding hydrogens is 276 g/mol. The number of hydrogen-bond acceptors (Lipinski definition) is 3. The van der Waals surface area contributed by atoms with E-state index in [2.05, 4.69) is 17.6 Å². The minimum atomic E-state index is -0.158. The first-order valence-corrected chi connectivity index (χ1v) is 7.36. The van der Waals surface area contributed by atoms with E-state index in [1.165, 1.54) is 6.26 Å². The van der Waals surface area contributed by atoms with Crippen molar-refractivity contribution in [3.63, 3.8) is 0 Å². The predicted octanol–water partition coefficient (Wildman–Crippen LogP) is 3.79. The number of carbonyl (C=O) groups is 1. The van der Waals surface area contributed by atoms with Crippen LogP contribution < -0.4 is 10.6 Å². The standard InChI is InChI=1S/C18H18N2O2/c1-2-19-11-13-7-3-5-9-16(13)20-18(21)15-12-22-17-10-6-4-8-14(15)17/h3-10,12,19H,2,11H2,1H3,(H,20,21). The van der Waals surface area contributed by atoms with E-state index in [1.807, 2.05) is 48.5 Å². The van der Waals surface area contributed by atoms with E-state index < -0.39 is 0 Å². The van der Waals surface area contributed by atoms with Gasteiger partial charge in [-0.25, -0.2) is 0 Å². The van der Waals surface area contributed by atoms with Gasteiger partial charge in [-0.3, -0.25) is 4.79 Å². The Morgan fingerprint density at radius 1 is 1.09 bits per heavy atom. The molecule has 4 heteroatoms. The molecule has 0 radical (unpaired) electrons. The Morgan fingerprint density at radius 2 is 1.86 bits per heavy atom. The first-order chi connectivity index (χ1) is 10.8. The summed E-state index contributed by atoms with van der Waals surface area (Å²) < 4.78 is 5.43. The molecule has 3 rings (SSSR count). The Labute approximate surface area is 129 Å². The van der Waals surface area contributed by atoms with Crippen LogP contribution in [0.2, 0.25) is 0 Å². The molecule has 22 heavy (non-hydrogen) atoms. The third-order valence-corrected chi connectivity index (χ3v) is 3.56. The van der Waals surface area contributed by atoms with E-state index in [1.54, 1.807) is 0 Å². The molecule has 0 bridgehead atoms. The van der Waals surface area contributed by atoms with Crippen molar-refractivity contribution in [2.75, 3.05) is 11.9 Å². The van der Waals surface area contributed by atoms with Gasteiger partial charge in [0.15, 0.2) is 0 Å². The first-order valence-electron chi connectivity index (χ1n) is 7.36. The van der Waals surface area contributed by atoms with Gasteiger partial charge < -0.3 is 15.1 Å². The van der Waals surface area contributed by atoms with Gasteiger partial charge in [-0.15, -0.1) is 0 Å². The van der Waals surface area contributed by atoms with E-state index in [0.29, 0.717) is 11.1 Å². The van der Waals surface area contributed by atoms with Gasteiger partial charge in [0.25, 0.3) is 5.91 Å². The molecule has 0 aliphatic carbocycles. The smallest absolute Gasteiger partial charge is 0.259 e. The Balaban J connectivity index is 1.85. The van der Waals surface area contributed by atoms with Gasteiger partial charge in [-0.2, -0.15) is 0 Å². The second kappa shape index (κ2) is 6.45. The van der Waals surface area contributed by atoms with E-state index in [0.717, 1.165) is 29.7 Å². The number of carbonyl (C=O) groups excluding carboxylic acids is 1. The number of nitrogens with one attached hydrogen (secondary N) is 2. The van der Waals surface area contributed by atoms with Gasteiger partial charge in [0.2, 0.25) is 0 Å². The van der Waals surface area contributed by atoms with Gasteiger partial charge in [0, 0.05) is 17.6 Å². The molecule has 0 saturated carbocycles. The summed E-state index contributed by atoms with van der Waals surface area (Å²) >= 11 is 0. The highest BCUT2D eigenvalue weighted by Crippen LogP contribution is 2.23. The van der Waals surface area contributed by atoms with Crippen molar-refractivity contribution in [1.29, 1.82) is 0 Å². The van der Waals surface area contributed by atoms with E-state index in [9.17, 15) is 4.79 Å². The number of benzene rings is 2. The Hall–Kier alpha value is -2.59. The van der Waals surface area contributed by atoms with Gasteiger partial charge in [-0.1, -0.05) is 43.3 Å². The normalized spacial score (nSPS) is 10.8. The van der Waals surface area contributed by atoms with Crippen molar-refractivity contribution in [2.24, 2.45) is 0 Å². The predicted molar refractivity (Wildman–Crippen MR) is 88.0 cm³/mol. The number of anilines is 1. The van der Waals surface area contributed by atoms with E-state index >= 15 is 0 Å². The molecule has 112 valence electrons. The molecule has 4 nitrogen and oxygen atoms in total. The minimum Gasteiger partial charge on any atom is -0.463 e. The third-order valence-electron chi connectivity index (χ3n) is 3.56. The first kappa shape index (κ1) is 14.4. The average molecular weight is 294 g/mol. The fourth-order valence-electron chi connectivity index (χ4n) is 2.40. The molecule has 0 saturated heterocycles. The molecule has 0 unspecified atom stereocenters. The lowest BCUT2D eigenvalue weighted by Crippen LogP contribution is -2.16. The maximum absolute atomic E-state index is 12.5. The molecule has 3 aromatic rings. The third kappa shape index (κ3) is 2.87. The summed E-state index contributed by atoms with van der Waals surface area (Å²) in [7, 11) is 0. The van der Waals surface area contributed by atoms with Crippen LogP contribution in [0.15, 0.2) is 59.2 Å². The molecule has 0 aliphatic heterocycles. The molecule has 2 aromatic carbocycles. The molecule has 0 fully saturated rings. The summed E-state index contributed by atoms with van der Waals surface area (Å²) in [6.07, 6.45) is 1.51. The van der Waals surface area contributed by atoms with Crippen LogP contribution in [-0.2, 0) is 6.54 Å². The number of hydrogen-bond donors (Lipinski definition) is 2. The van der Waals surface area contributed by atoms with Crippen LogP contribution in [0.25, 0.3) is 11.0 Å². The van der Waals surface area contributed by atoms with Crippen LogP contribution in [0.3, 0.4) is 0 Å². The number of amides is 1. The van der Waals surface area contributed by atoms with Crippen molar-refractivity contribution >= 4 is 22.6 Å². The van der Waals surface area contributed by atoms with Crippen LogP contribution in [-0.4, -0.2) is 12.5 Å². The Kier molecular flexibility index (Phi) is 4.21. The topological polar surface area (TPSA) is 54.3 Å². The molecule has 1 amide bonds. The number of rotatable bonds is 5. The number of furan rings is 1. The molecule has 1 heterocycles. The van der Waals surface area contributed by atoms with Crippen LogP contribution in [0.1, 0.15) is 22.8 Å². The Bertz CT molecular complexity index is 792.